The van der Waals surface area contributed by atoms with E-state index in [-0.39, 0.29) is 17.3 Å². The summed E-state index contributed by atoms with van der Waals surface area (Å²) >= 11 is 0. The van der Waals surface area contributed by atoms with E-state index in [1.54, 1.807) is 10.9 Å². The van der Waals surface area contributed by atoms with Crippen molar-refractivity contribution in [1.82, 2.24) is 24.0 Å². The van der Waals surface area contributed by atoms with Crippen molar-refractivity contribution in [1.29, 1.82) is 0 Å². The van der Waals surface area contributed by atoms with Crippen molar-refractivity contribution in [3.8, 4) is 0 Å². The zero-order valence-electron chi connectivity index (χ0n) is 13.4. The molecule has 0 saturated carbocycles. The van der Waals surface area contributed by atoms with Crippen LogP contribution in [-0.2, 0) is 13.6 Å². The van der Waals surface area contributed by atoms with E-state index in [1.165, 1.54) is 11.6 Å². The fraction of sp³-hybridized carbons (Fsp3) is 0.667. The summed E-state index contributed by atoms with van der Waals surface area (Å²) < 4.78 is 4.70. The third kappa shape index (κ3) is 2.39. The number of nitrogens with one attached hydrogen (secondary N) is 1. The molecule has 3 rings (SSSR count). The SMILES string of the molecule is CC(C)n1c(=O)n(C)c(=O)c2c1ncn2CC1CCNCC1. The number of hydrogen-bond donors (Lipinski definition) is 1. The topological polar surface area (TPSA) is 73.8 Å². The quantitative estimate of drug-likeness (QED) is 0.895. The predicted octanol–water partition coefficient (Wildman–Crippen LogP) is 0.477. The number of piperidine rings is 1. The third-order valence-corrected chi connectivity index (χ3v) is 4.48. The highest BCUT2D eigenvalue weighted by molar-refractivity contribution is 5.70. The predicted molar refractivity (Wildman–Crippen MR) is 85.2 cm³/mol. The van der Waals surface area contributed by atoms with Crippen LogP contribution in [0.25, 0.3) is 11.2 Å². The molecule has 0 spiro atoms. The number of imidazole rings is 1. The Hall–Kier alpha value is -1.89. The number of rotatable bonds is 3. The molecule has 0 radical (unpaired) electrons. The zero-order chi connectivity index (χ0) is 15.9. The van der Waals surface area contributed by atoms with Crippen LogP contribution in [0, 0.1) is 5.92 Å². The van der Waals surface area contributed by atoms with Crippen molar-refractivity contribution in [3.63, 3.8) is 0 Å². The van der Waals surface area contributed by atoms with Crippen molar-refractivity contribution >= 4 is 11.2 Å². The molecule has 2 aromatic heterocycles. The molecule has 120 valence electrons. The number of nitrogens with zero attached hydrogens (tertiary/aromatic N) is 4. The van der Waals surface area contributed by atoms with Gasteiger partial charge in [-0.1, -0.05) is 0 Å². The van der Waals surface area contributed by atoms with Crippen molar-refractivity contribution in [3.05, 3.63) is 27.2 Å². The van der Waals surface area contributed by atoms with E-state index in [0.717, 1.165) is 32.5 Å². The van der Waals surface area contributed by atoms with Gasteiger partial charge in [-0.15, -0.1) is 0 Å². The maximum atomic E-state index is 12.5. The monoisotopic (exact) mass is 305 g/mol. The lowest BCUT2D eigenvalue weighted by atomic mass is 9.98. The first-order chi connectivity index (χ1) is 10.5. The minimum absolute atomic E-state index is 0.0379. The van der Waals surface area contributed by atoms with Crippen LogP contribution in [0.3, 0.4) is 0 Å². The first-order valence-electron chi connectivity index (χ1n) is 7.87. The Labute approximate surface area is 128 Å². The van der Waals surface area contributed by atoms with Crippen LogP contribution in [0.5, 0.6) is 0 Å². The number of aromatic nitrogens is 4. The van der Waals surface area contributed by atoms with Gasteiger partial charge >= 0.3 is 5.69 Å². The molecule has 0 aromatic carbocycles. The van der Waals surface area contributed by atoms with Crippen LogP contribution in [0.4, 0.5) is 0 Å². The Bertz CT molecular complexity index is 793. The van der Waals surface area contributed by atoms with Gasteiger partial charge in [0.1, 0.15) is 0 Å². The van der Waals surface area contributed by atoms with Gasteiger partial charge in [0.15, 0.2) is 11.2 Å². The molecule has 0 amide bonds. The molecular weight excluding hydrogens is 282 g/mol. The largest absolute Gasteiger partial charge is 0.332 e. The molecule has 0 atom stereocenters. The van der Waals surface area contributed by atoms with Gasteiger partial charge < -0.3 is 9.88 Å². The van der Waals surface area contributed by atoms with Gasteiger partial charge in [-0.05, 0) is 45.7 Å². The summed E-state index contributed by atoms with van der Waals surface area (Å²) in [7, 11) is 1.53. The zero-order valence-corrected chi connectivity index (χ0v) is 13.4. The summed E-state index contributed by atoms with van der Waals surface area (Å²) in [6.45, 7) is 6.68. The normalized spacial score (nSPS) is 16.7. The van der Waals surface area contributed by atoms with Crippen molar-refractivity contribution in [2.24, 2.45) is 13.0 Å². The molecule has 7 nitrogen and oxygen atoms in total. The molecule has 7 heteroatoms. The van der Waals surface area contributed by atoms with Crippen molar-refractivity contribution < 1.29 is 0 Å². The fourth-order valence-corrected chi connectivity index (χ4v) is 3.21. The lowest BCUT2D eigenvalue weighted by molar-refractivity contribution is 0.336. The van der Waals surface area contributed by atoms with E-state index in [0.29, 0.717) is 17.1 Å². The second kappa shape index (κ2) is 5.72. The van der Waals surface area contributed by atoms with Crippen molar-refractivity contribution in [2.75, 3.05) is 13.1 Å². The highest BCUT2D eigenvalue weighted by atomic mass is 16.2. The summed E-state index contributed by atoms with van der Waals surface area (Å²) in [6.07, 6.45) is 3.90. The second-order valence-corrected chi connectivity index (χ2v) is 6.37. The molecule has 1 fully saturated rings. The Morgan fingerprint density at radius 3 is 2.64 bits per heavy atom. The summed E-state index contributed by atoms with van der Waals surface area (Å²) in [4.78, 5) is 29.2. The molecule has 0 bridgehead atoms. The molecule has 1 aliphatic rings. The molecule has 1 aliphatic heterocycles. The van der Waals surface area contributed by atoms with Crippen LogP contribution in [0.1, 0.15) is 32.7 Å². The van der Waals surface area contributed by atoms with Gasteiger partial charge in [0, 0.05) is 19.6 Å². The third-order valence-electron chi connectivity index (χ3n) is 4.48. The molecule has 3 heterocycles. The molecule has 1 N–H and O–H groups in total. The highest BCUT2D eigenvalue weighted by Gasteiger charge is 2.20. The molecular formula is C15H23N5O2. The van der Waals surface area contributed by atoms with E-state index in [2.05, 4.69) is 10.3 Å². The van der Waals surface area contributed by atoms with Crippen LogP contribution in [-0.4, -0.2) is 31.8 Å². The maximum Gasteiger partial charge on any atom is 0.332 e. The first-order valence-corrected chi connectivity index (χ1v) is 7.87. The number of fused-ring (bicyclic) bond motifs is 1. The van der Waals surface area contributed by atoms with Gasteiger partial charge in [-0.25, -0.2) is 9.78 Å². The van der Waals surface area contributed by atoms with Crippen LogP contribution in [0.2, 0.25) is 0 Å². The summed E-state index contributed by atoms with van der Waals surface area (Å²) in [6, 6.07) is -0.0379. The van der Waals surface area contributed by atoms with Gasteiger partial charge in [-0.2, -0.15) is 0 Å². The van der Waals surface area contributed by atoms with Gasteiger partial charge in [-0.3, -0.25) is 13.9 Å². The first kappa shape index (κ1) is 15.0. The fourth-order valence-electron chi connectivity index (χ4n) is 3.21. The van der Waals surface area contributed by atoms with E-state index in [9.17, 15) is 9.59 Å². The summed E-state index contributed by atoms with van der Waals surface area (Å²) in [5.41, 5.74) is 0.467. The lowest BCUT2D eigenvalue weighted by Crippen LogP contribution is -2.39. The Morgan fingerprint density at radius 2 is 2.00 bits per heavy atom. The molecule has 2 aromatic rings. The van der Waals surface area contributed by atoms with E-state index in [4.69, 9.17) is 0 Å². The Balaban J connectivity index is 2.13. The smallest absolute Gasteiger partial charge is 0.324 e. The van der Waals surface area contributed by atoms with Crippen molar-refractivity contribution in [2.45, 2.75) is 39.3 Å². The molecule has 22 heavy (non-hydrogen) atoms. The Kier molecular flexibility index (Phi) is 3.90. The van der Waals surface area contributed by atoms with Crippen LogP contribution < -0.4 is 16.6 Å². The van der Waals surface area contributed by atoms with Gasteiger partial charge in [0.05, 0.1) is 6.33 Å². The highest BCUT2D eigenvalue weighted by Crippen LogP contribution is 2.17. The van der Waals surface area contributed by atoms with Crippen LogP contribution >= 0.6 is 0 Å². The molecule has 0 aliphatic carbocycles. The summed E-state index contributed by atoms with van der Waals surface area (Å²) in [5, 5.41) is 3.35. The molecule has 0 unspecified atom stereocenters. The van der Waals surface area contributed by atoms with Gasteiger partial charge in [0.25, 0.3) is 5.56 Å². The van der Waals surface area contributed by atoms with Gasteiger partial charge in [0.2, 0.25) is 0 Å². The average Bonchev–Trinajstić information content (AvgIpc) is 2.89. The van der Waals surface area contributed by atoms with E-state index < -0.39 is 0 Å². The minimum Gasteiger partial charge on any atom is -0.324 e. The number of hydrogen-bond acceptors (Lipinski definition) is 4. The van der Waals surface area contributed by atoms with E-state index >= 15 is 0 Å². The van der Waals surface area contributed by atoms with Crippen LogP contribution in [0.15, 0.2) is 15.9 Å². The summed E-state index contributed by atoms with van der Waals surface area (Å²) in [5.74, 6) is 0.544. The molecule has 1 saturated heterocycles. The second-order valence-electron chi connectivity index (χ2n) is 6.37. The Morgan fingerprint density at radius 1 is 1.32 bits per heavy atom. The maximum absolute atomic E-state index is 12.5. The van der Waals surface area contributed by atoms with E-state index in [1.807, 2.05) is 18.4 Å². The minimum atomic E-state index is -0.306. The lowest BCUT2D eigenvalue weighted by Gasteiger charge is -2.23. The standard InChI is InChI=1S/C15H23N5O2/c1-10(2)20-13-12(14(21)18(3)15(20)22)19(9-17-13)8-11-4-6-16-7-5-11/h9-11,16H,4-8H2,1-3H3. The average molecular weight is 305 g/mol.